The lowest BCUT2D eigenvalue weighted by Gasteiger charge is -2.13. The highest BCUT2D eigenvalue weighted by atomic mass is 16.6. The zero-order valence-corrected chi connectivity index (χ0v) is 9.68. The normalized spacial score (nSPS) is 15.5. The number of methoxy groups -OCH3 is 1. The number of fused-ring (bicyclic) bond motifs is 1. The van der Waals surface area contributed by atoms with E-state index in [2.05, 4.69) is 12.1 Å². The molecule has 0 aliphatic carbocycles. The molecule has 86 valence electrons. The van der Waals surface area contributed by atoms with Crippen molar-refractivity contribution in [2.75, 3.05) is 20.3 Å². The Kier molecular flexibility index (Phi) is 2.75. The SMILES string of the molecule is COc1ccc2ccccc2c1B1OCCO1. The highest BCUT2D eigenvalue weighted by molar-refractivity contribution is 6.66. The molecule has 1 aliphatic rings. The van der Waals surface area contributed by atoms with Gasteiger partial charge in [0.15, 0.2) is 0 Å². The maximum Gasteiger partial charge on any atom is 0.498 e. The van der Waals surface area contributed by atoms with Gasteiger partial charge in [-0.15, -0.1) is 0 Å². The largest absolute Gasteiger partial charge is 0.498 e. The summed E-state index contributed by atoms with van der Waals surface area (Å²) in [6.45, 7) is 1.27. The number of rotatable bonds is 2. The average molecular weight is 228 g/mol. The van der Waals surface area contributed by atoms with Crippen molar-refractivity contribution >= 4 is 23.4 Å². The molecule has 0 radical (unpaired) electrons. The van der Waals surface area contributed by atoms with E-state index >= 15 is 0 Å². The van der Waals surface area contributed by atoms with Crippen LogP contribution in [0.25, 0.3) is 10.8 Å². The van der Waals surface area contributed by atoms with Crippen LogP contribution in [0.5, 0.6) is 5.75 Å². The monoisotopic (exact) mass is 228 g/mol. The summed E-state index contributed by atoms with van der Waals surface area (Å²) in [7, 11) is 1.36. The second kappa shape index (κ2) is 4.39. The molecule has 0 spiro atoms. The summed E-state index contributed by atoms with van der Waals surface area (Å²) < 4.78 is 16.6. The molecule has 17 heavy (non-hydrogen) atoms. The van der Waals surface area contributed by atoms with Crippen molar-refractivity contribution in [1.29, 1.82) is 0 Å². The minimum Gasteiger partial charge on any atom is -0.497 e. The van der Waals surface area contributed by atoms with E-state index in [1.165, 1.54) is 5.39 Å². The van der Waals surface area contributed by atoms with Gasteiger partial charge in [-0.05, 0) is 16.8 Å². The third kappa shape index (κ3) is 1.79. The summed E-state index contributed by atoms with van der Waals surface area (Å²) in [5.41, 5.74) is 0.989. The Bertz CT molecular complexity index is 535. The molecule has 2 aromatic rings. The Balaban J connectivity index is 2.23. The van der Waals surface area contributed by atoms with E-state index in [1.54, 1.807) is 7.11 Å². The van der Waals surface area contributed by atoms with E-state index in [-0.39, 0.29) is 7.12 Å². The predicted molar refractivity (Wildman–Crippen MR) is 67.8 cm³/mol. The van der Waals surface area contributed by atoms with Crippen molar-refractivity contribution in [1.82, 2.24) is 0 Å². The molecule has 0 aromatic heterocycles. The van der Waals surface area contributed by atoms with Crippen molar-refractivity contribution in [3.05, 3.63) is 36.4 Å². The predicted octanol–water partition coefficient (Wildman–Crippen LogP) is 1.59. The van der Waals surface area contributed by atoms with Gasteiger partial charge in [0.1, 0.15) is 5.75 Å². The lowest BCUT2D eigenvalue weighted by atomic mass is 9.75. The number of ether oxygens (including phenoxy) is 1. The Morgan fingerprint density at radius 2 is 1.82 bits per heavy atom. The number of hydrogen-bond acceptors (Lipinski definition) is 3. The molecule has 1 heterocycles. The average Bonchev–Trinajstić information content (AvgIpc) is 2.91. The molecule has 0 atom stereocenters. The fourth-order valence-electron chi connectivity index (χ4n) is 2.22. The van der Waals surface area contributed by atoms with Gasteiger partial charge in [0.2, 0.25) is 0 Å². The van der Waals surface area contributed by atoms with Crippen LogP contribution in [0.1, 0.15) is 0 Å². The van der Waals surface area contributed by atoms with Gasteiger partial charge in [-0.1, -0.05) is 30.3 Å². The summed E-state index contributed by atoms with van der Waals surface area (Å²) >= 11 is 0. The first kappa shape index (κ1) is 10.6. The summed E-state index contributed by atoms with van der Waals surface area (Å²) in [4.78, 5) is 0. The first-order valence-electron chi connectivity index (χ1n) is 5.69. The van der Waals surface area contributed by atoms with E-state index in [9.17, 15) is 0 Å². The van der Waals surface area contributed by atoms with E-state index in [0.29, 0.717) is 13.2 Å². The fraction of sp³-hybridized carbons (Fsp3) is 0.231. The summed E-state index contributed by atoms with van der Waals surface area (Å²) in [5, 5.41) is 2.29. The Morgan fingerprint density at radius 3 is 2.59 bits per heavy atom. The molecule has 0 amide bonds. The van der Waals surface area contributed by atoms with Crippen LogP contribution in [0.4, 0.5) is 0 Å². The van der Waals surface area contributed by atoms with Gasteiger partial charge in [0.05, 0.1) is 20.3 Å². The van der Waals surface area contributed by atoms with Crippen molar-refractivity contribution in [3.8, 4) is 5.75 Å². The van der Waals surface area contributed by atoms with Gasteiger partial charge in [-0.2, -0.15) is 0 Å². The molecule has 3 rings (SSSR count). The highest BCUT2D eigenvalue weighted by Crippen LogP contribution is 2.20. The van der Waals surface area contributed by atoms with Crippen molar-refractivity contribution in [2.24, 2.45) is 0 Å². The van der Waals surface area contributed by atoms with Gasteiger partial charge >= 0.3 is 7.12 Å². The topological polar surface area (TPSA) is 27.7 Å². The van der Waals surface area contributed by atoms with E-state index in [1.807, 2.05) is 24.3 Å². The Labute approximate surface area is 100 Å². The summed E-state index contributed by atoms with van der Waals surface area (Å²) in [6.07, 6.45) is 0. The van der Waals surface area contributed by atoms with Crippen LogP contribution in [0.3, 0.4) is 0 Å². The van der Waals surface area contributed by atoms with Crippen LogP contribution in [-0.2, 0) is 9.31 Å². The summed E-state index contributed by atoms with van der Waals surface area (Å²) in [6, 6.07) is 12.2. The first-order valence-corrected chi connectivity index (χ1v) is 5.69. The molecule has 3 nitrogen and oxygen atoms in total. The molecule has 1 aliphatic heterocycles. The summed E-state index contributed by atoms with van der Waals surface area (Å²) in [5.74, 6) is 0.815. The number of hydrogen-bond donors (Lipinski definition) is 0. The van der Waals surface area contributed by atoms with Crippen LogP contribution >= 0.6 is 0 Å². The third-order valence-corrected chi connectivity index (χ3v) is 3.01. The van der Waals surface area contributed by atoms with Crippen LogP contribution < -0.4 is 10.2 Å². The van der Waals surface area contributed by atoms with Gasteiger partial charge in [-0.3, -0.25) is 0 Å². The smallest absolute Gasteiger partial charge is 0.497 e. The van der Waals surface area contributed by atoms with Crippen LogP contribution in [0.15, 0.2) is 36.4 Å². The molecule has 4 heteroatoms. The Morgan fingerprint density at radius 1 is 1.06 bits per heavy atom. The van der Waals surface area contributed by atoms with Gasteiger partial charge in [0, 0.05) is 5.46 Å². The maximum absolute atomic E-state index is 5.59. The Hall–Kier alpha value is -1.52. The fourth-order valence-corrected chi connectivity index (χ4v) is 2.22. The first-order chi connectivity index (χ1) is 8.40. The second-order valence-electron chi connectivity index (χ2n) is 3.98. The van der Waals surface area contributed by atoms with Gasteiger partial charge in [0.25, 0.3) is 0 Å². The van der Waals surface area contributed by atoms with E-state index < -0.39 is 0 Å². The standard InChI is InChI=1S/C13H13BO3/c1-15-12-7-6-10-4-2-3-5-11(10)13(12)14-16-8-9-17-14/h2-7H,8-9H2,1H3. The van der Waals surface area contributed by atoms with Gasteiger partial charge < -0.3 is 14.0 Å². The van der Waals surface area contributed by atoms with Gasteiger partial charge in [-0.25, -0.2) is 0 Å². The number of benzene rings is 2. The van der Waals surface area contributed by atoms with Crippen LogP contribution in [0, 0.1) is 0 Å². The van der Waals surface area contributed by atoms with Crippen LogP contribution in [0.2, 0.25) is 0 Å². The molecule has 0 unspecified atom stereocenters. The lowest BCUT2D eigenvalue weighted by Crippen LogP contribution is -2.33. The molecule has 2 aromatic carbocycles. The second-order valence-corrected chi connectivity index (χ2v) is 3.98. The lowest BCUT2D eigenvalue weighted by molar-refractivity contribution is 0.365. The molecular weight excluding hydrogens is 215 g/mol. The minimum atomic E-state index is -0.309. The minimum absolute atomic E-state index is 0.309. The molecular formula is C13H13BO3. The molecule has 0 saturated carbocycles. The highest BCUT2D eigenvalue weighted by Gasteiger charge is 2.31. The van der Waals surface area contributed by atoms with E-state index in [4.69, 9.17) is 14.0 Å². The zero-order chi connectivity index (χ0) is 11.7. The quantitative estimate of drug-likeness (QED) is 0.730. The van der Waals surface area contributed by atoms with Crippen molar-refractivity contribution in [3.63, 3.8) is 0 Å². The zero-order valence-electron chi connectivity index (χ0n) is 9.68. The molecule has 1 saturated heterocycles. The maximum atomic E-state index is 5.59. The third-order valence-electron chi connectivity index (χ3n) is 3.01. The molecule has 0 bridgehead atoms. The molecule has 1 fully saturated rings. The van der Waals surface area contributed by atoms with Crippen LogP contribution in [-0.4, -0.2) is 27.4 Å². The van der Waals surface area contributed by atoms with Crippen molar-refractivity contribution in [2.45, 2.75) is 0 Å². The van der Waals surface area contributed by atoms with Crippen molar-refractivity contribution < 1.29 is 14.0 Å². The van der Waals surface area contributed by atoms with E-state index in [0.717, 1.165) is 16.6 Å². The molecule has 0 N–H and O–H groups in total.